The van der Waals surface area contributed by atoms with Gasteiger partial charge in [0, 0.05) is 32.2 Å². The van der Waals surface area contributed by atoms with Crippen LogP contribution in [0.25, 0.3) is 0 Å². The van der Waals surface area contributed by atoms with E-state index in [-0.39, 0.29) is 11.8 Å². The van der Waals surface area contributed by atoms with Gasteiger partial charge in [-0.05, 0) is 32.2 Å². The number of hydrogen-bond donors (Lipinski definition) is 1. The van der Waals surface area contributed by atoms with Crippen LogP contribution in [0.3, 0.4) is 0 Å². The van der Waals surface area contributed by atoms with Crippen molar-refractivity contribution in [1.29, 1.82) is 0 Å². The summed E-state index contributed by atoms with van der Waals surface area (Å²) >= 11 is 0. The first kappa shape index (κ1) is 12.8. The molecule has 98 valence electrons. The van der Waals surface area contributed by atoms with Gasteiger partial charge in [0.2, 0.25) is 5.91 Å². The van der Waals surface area contributed by atoms with Gasteiger partial charge in [-0.25, -0.2) is 0 Å². The first-order valence-corrected chi connectivity index (χ1v) is 6.99. The largest absolute Gasteiger partial charge is 0.341 e. The van der Waals surface area contributed by atoms with Gasteiger partial charge >= 0.3 is 0 Å². The molecule has 0 aromatic rings. The smallest absolute Gasteiger partial charge is 0.226 e. The van der Waals surface area contributed by atoms with Crippen molar-refractivity contribution < 1.29 is 4.79 Å². The highest BCUT2D eigenvalue weighted by molar-refractivity contribution is 5.79. The molecule has 0 radical (unpaired) electrons. The minimum atomic E-state index is 0.0305. The Bertz CT molecular complexity index is 265. The second-order valence-corrected chi connectivity index (χ2v) is 5.31. The fourth-order valence-corrected chi connectivity index (χ4v) is 3.11. The van der Waals surface area contributed by atoms with E-state index in [4.69, 9.17) is 5.73 Å². The monoisotopic (exact) mass is 239 g/mol. The Labute approximate surface area is 104 Å². The van der Waals surface area contributed by atoms with E-state index in [0.29, 0.717) is 12.6 Å². The van der Waals surface area contributed by atoms with Crippen LogP contribution in [0, 0.1) is 5.92 Å². The van der Waals surface area contributed by atoms with Gasteiger partial charge in [-0.3, -0.25) is 9.69 Å². The Morgan fingerprint density at radius 3 is 2.82 bits per heavy atom. The third-order valence-corrected chi connectivity index (χ3v) is 4.24. The van der Waals surface area contributed by atoms with Gasteiger partial charge in [0.05, 0.1) is 5.92 Å². The Balaban J connectivity index is 1.98. The van der Waals surface area contributed by atoms with Crippen LogP contribution < -0.4 is 5.73 Å². The van der Waals surface area contributed by atoms with Crippen molar-refractivity contribution in [3.8, 4) is 0 Å². The van der Waals surface area contributed by atoms with Crippen LogP contribution in [-0.2, 0) is 4.79 Å². The molecule has 2 unspecified atom stereocenters. The van der Waals surface area contributed by atoms with Gasteiger partial charge in [-0.2, -0.15) is 0 Å². The molecular weight excluding hydrogens is 214 g/mol. The topological polar surface area (TPSA) is 49.6 Å². The zero-order chi connectivity index (χ0) is 12.3. The summed E-state index contributed by atoms with van der Waals surface area (Å²) < 4.78 is 0. The zero-order valence-corrected chi connectivity index (χ0v) is 10.9. The summed E-state index contributed by atoms with van der Waals surface area (Å²) in [5, 5.41) is 0. The van der Waals surface area contributed by atoms with Crippen molar-refractivity contribution >= 4 is 5.91 Å². The number of nitrogens with zero attached hydrogens (tertiary/aromatic N) is 2. The molecule has 0 bridgehead atoms. The SMILES string of the molecule is CCC(CN)C(=O)N1CCCN2CCCC2C1. The maximum Gasteiger partial charge on any atom is 0.226 e. The summed E-state index contributed by atoms with van der Waals surface area (Å²) in [5.74, 6) is 0.312. The summed E-state index contributed by atoms with van der Waals surface area (Å²) in [6, 6.07) is 0.608. The summed E-state index contributed by atoms with van der Waals surface area (Å²) in [4.78, 5) is 16.9. The molecule has 2 rings (SSSR count). The Morgan fingerprint density at radius 1 is 1.35 bits per heavy atom. The van der Waals surface area contributed by atoms with E-state index < -0.39 is 0 Å². The minimum absolute atomic E-state index is 0.0305. The first-order valence-electron chi connectivity index (χ1n) is 6.99. The number of carbonyl (C=O) groups is 1. The Kier molecular flexibility index (Phi) is 4.40. The van der Waals surface area contributed by atoms with Crippen molar-refractivity contribution in [1.82, 2.24) is 9.80 Å². The van der Waals surface area contributed by atoms with Crippen LogP contribution in [0.2, 0.25) is 0 Å². The molecular formula is C13H25N3O. The Morgan fingerprint density at radius 2 is 2.12 bits per heavy atom. The lowest BCUT2D eigenvalue weighted by Gasteiger charge is -2.28. The van der Waals surface area contributed by atoms with Crippen LogP contribution in [0.1, 0.15) is 32.6 Å². The number of amides is 1. The van der Waals surface area contributed by atoms with Crippen molar-refractivity contribution in [2.75, 3.05) is 32.7 Å². The fraction of sp³-hybridized carbons (Fsp3) is 0.923. The van der Waals surface area contributed by atoms with E-state index in [1.807, 2.05) is 0 Å². The maximum absolute atomic E-state index is 12.3. The molecule has 2 fully saturated rings. The number of fused-ring (bicyclic) bond motifs is 1. The molecule has 0 saturated carbocycles. The quantitative estimate of drug-likeness (QED) is 0.787. The molecule has 4 nitrogen and oxygen atoms in total. The summed E-state index contributed by atoms with van der Waals surface area (Å²) in [6.07, 6.45) is 4.52. The molecule has 2 N–H and O–H groups in total. The van der Waals surface area contributed by atoms with Crippen LogP contribution in [0.15, 0.2) is 0 Å². The zero-order valence-electron chi connectivity index (χ0n) is 10.9. The van der Waals surface area contributed by atoms with Crippen molar-refractivity contribution in [2.24, 2.45) is 11.7 Å². The van der Waals surface area contributed by atoms with E-state index in [1.165, 1.54) is 19.4 Å². The van der Waals surface area contributed by atoms with E-state index in [0.717, 1.165) is 32.5 Å². The lowest BCUT2D eigenvalue weighted by molar-refractivity contribution is -0.135. The van der Waals surface area contributed by atoms with Gasteiger partial charge in [0.15, 0.2) is 0 Å². The van der Waals surface area contributed by atoms with Gasteiger partial charge < -0.3 is 10.6 Å². The number of rotatable bonds is 3. The van der Waals surface area contributed by atoms with Crippen molar-refractivity contribution in [3.05, 3.63) is 0 Å². The summed E-state index contributed by atoms with van der Waals surface area (Å²) in [7, 11) is 0. The van der Waals surface area contributed by atoms with Crippen LogP contribution >= 0.6 is 0 Å². The molecule has 0 spiro atoms. The molecule has 2 atom stereocenters. The van der Waals surface area contributed by atoms with Crippen molar-refractivity contribution in [3.63, 3.8) is 0 Å². The molecule has 2 aliphatic rings. The van der Waals surface area contributed by atoms with Crippen LogP contribution in [0.5, 0.6) is 0 Å². The summed E-state index contributed by atoms with van der Waals surface area (Å²) in [5.41, 5.74) is 5.68. The molecule has 0 aliphatic carbocycles. The molecule has 2 heterocycles. The maximum atomic E-state index is 12.3. The first-order chi connectivity index (χ1) is 8.26. The molecule has 2 saturated heterocycles. The van der Waals surface area contributed by atoms with Gasteiger partial charge in [-0.15, -0.1) is 0 Å². The highest BCUT2D eigenvalue weighted by Crippen LogP contribution is 2.22. The van der Waals surface area contributed by atoms with Crippen LogP contribution in [-0.4, -0.2) is 54.5 Å². The average molecular weight is 239 g/mol. The fourth-order valence-electron chi connectivity index (χ4n) is 3.11. The van der Waals surface area contributed by atoms with Gasteiger partial charge in [0.25, 0.3) is 0 Å². The van der Waals surface area contributed by atoms with Crippen LogP contribution in [0.4, 0.5) is 0 Å². The Hall–Kier alpha value is -0.610. The van der Waals surface area contributed by atoms with E-state index in [9.17, 15) is 4.79 Å². The molecule has 4 heteroatoms. The predicted octanol–water partition coefficient (Wildman–Crippen LogP) is 0.668. The van der Waals surface area contributed by atoms with Gasteiger partial charge in [-0.1, -0.05) is 6.92 Å². The van der Waals surface area contributed by atoms with E-state index in [2.05, 4.69) is 16.7 Å². The lowest BCUT2D eigenvalue weighted by Crippen LogP contribution is -2.43. The van der Waals surface area contributed by atoms with Crippen molar-refractivity contribution in [2.45, 2.75) is 38.6 Å². The predicted molar refractivity (Wildman–Crippen MR) is 68.6 cm³/mol. The second kappa shape index (κ2) is 5.83. The highest BCUT2D eigenvalue weighted by Gasteiger charge is 2.32. The molecule has 2 aliphatic heterocycles. The lowest BCUT2D eigenvalue weighted by atomic mass is 10.0. The number of nitrogens with two attached hydrogens (primary N) is 1. The standard InChI is InChI=1S/C13H25N3O/c1-2-11(9-14)13(17)16-8-4-7-15-6-3-5-12(15)10-16/h11-12H,2-10,14H2,1H3. The highest BCUT2D eigenvalue weighted by atomic mass is 16.2. The summed E-state index contributed by atoms with van der Waals surface area (Å²) in [6.45, 7) is 6.77. The third-order valence-electron chi connectivity index (χ3n) is 4.24. The molecule has 0 aromatic carbocycles. The molecule has 1 amide bonds. The number of hydrogen-bond acceptors (Lipinski definition) is 3. The number of carbonyl (C=O) groups excluding carboxylic acids is 1. The third kappa shape index (κ3) is 2.80. The molecule has 0 aromatic heterocycles. The normalized spacial score (nSPS) is 27.6. The van der Waals surface area contributed by atoms with Gasteiger partial charge in [0.1, 0.15) is 0 Å². The minimum Gasteiger partial charge on any atom is -0.341 e. The molecule has 17 heavy (non-hydrogen) atoms. The van der Waals surface area contributed by atoms with E-state index >= 15 is 0 Å². The van der Waals surface area contributed by atoms with E-state index in [1.54, 1.807) is 0 Å². The second-order valence-electron chi connectivity index (χ2n) is 5.31. The average Bonchev–Trinajstić information content (AvgIpc) is 2.68.